The summed E-state index contributed by atoms with van der Waals surface area (Å²) in [5.74, 6) is 0.0210. The first-order valence-electron chi connectivity index (χ1n) is 5.74. The molecular weight excluding hydrogens is 208 g/mol. The monoisotopic (exact) mass is 228 g/mol. The van der Waals surface area contributed by atoms with Crippen molar-refractivity contribution >= 4 is 11.8 Å². The Hall–Kier alpha value is -1.14. The molecule has 1 heterocycles. The third-order valence-electron chi connectivity index (χ3n) is 2.28. The molecule has 16 heavy (non-hydrogen) atoms. The van der Waals surface area contributed by atoms with Crippen molar-refractivity contribution < 1.29 is 9.59 Å². The molecule has 0 aliphatic carbocycles. The Morgan fingerprint density at radius 1 is 0.688 bits per heavy atom. The summed E-state index contributed by atoms with van der Waals surface area (Å²) in [5.41, 5.74) is 0. The van der Waals surface area contributed by atoms with Crippen LogP contribution in [0.2, 0.25) is 0 Å². The summed E-state index contributed by atoms with van der Waals surface area (Å²) in [6, 6.07) is 0. The SMILES string of the molecule is O=C1CNCCCNCC(=O)NCCCN1. The highest BCUT2D eigenvalue weighted by molar-refractivity contribution is 5.78. The van der Waals surface area contributed by atoms with Gasteiger partial charge in [-0.25, -0.2) is 0 Å². The van der Waals surface area contributed by atoms with Crippen LogP contribution in [0.25, 0.3) is 0 Å². The van der Waals surface area contributed by atoms with Crippen LogP contribution >= 0.6 is 0 Å². The molecule has 1 fully saturated rings. The number of rotatable bonds is 0. The zero-order valence-electron chi connectivity index (χ0n) is 9.47. The average Bonchev–Trinajstić information content (AvgIpc) is 2.26. The maximum absolute atomic E-state index is 11.2. The van der Waals surface area contributed by atoms with Crippen molar-refractivity contribution in [1.82, 2.24) is 21.3 Å². The Labute approximate surface area is 95.5 Å². The lowest BCUT2D eigenvalue weighted by molar-refractivity contribution is -0.120. The van der Waals surface area contributed by atoms with E-state index >= 15 is 0 Å². The predicted octanol–water partition coefficient (Wildman–Crippen LogP) is -1.81. The zero-order chi connectivity index (χ0) is 11.6. The Bertz CT molecular complexity index is 211. The standard InChI is InChI=1S/C10H20N4O2/c15-9-7-11-3-1-4-12-8-10(16)14-6-2-5-13-9/h11-12H,1-8H2,(H,13,15)(H,14,16). The smallest absolute Gasteiger partial charge is 0.233 e. The maximum Gasteiger partial charge on any atom is 0.233 e. The lowest BCUT2D eigenvalue weighted by atomic mass is 10.3. The van der Waals surface area contributed by atoms with Gasteiger partial charge in [-0.3, -0.25) is 9.59 Å². The van der Waals surface area contributed by atoms with Crippen LogP contribution in [0.3, 0.4) is 0 Å². The first-order chi connectivity index (χ1) is 7.79. The van der Waals surface area contributed by atoms with Crippen molar-refractivity contribution in [2.75, 3.05) is 39.3 Å². The molecule has 6 nitrogen and oxygen atoms in total. The second-order valence-corrected chi connectivity index (χ2v) is 3.76. The number of amides is 2. The first kappa shape index (κ1) is 12.9. The molecule has 92 valence electrons. The largest absolute Gasteiger partial charge is 0.355 e. The molecule has 4 N–H and O–H groups in total. The van der Waals surface area contributed by atoms with Crippen LogP contribution in [0.5, 0.6) is 0 Å². The second kappa shape index (κ2) is 8.06. The molecule has 0 bridgehead atoms. The van der Waals surface area contributed by atoms with E-state index in [2.05, 4.69) is 21.3 Å². The van der Waals surface area contributed by atoms with E-state index in [-0.39, 0.29) is 11.8 Å². The van der Waals surface area contributed by atoms with Gasteiger partial charge < -0.3 is 21.3 Å². The van der Waals surface area contributed by atoms with Crippen LogP contribution in [0, 0.1) is 0 Å². The summed E-state index contributed by atoms with van der Waals surface area (Å²) < 4.78 is 0. The minimum atomic E-state index is 0.0105. The van der Waals surface area contributed by atoms with Crippen LogP contribution < -0.4 is 21.3 Å². The molecule has 0 aromatic heterocycles. The van der Waals surface area contributed by atoms with Crippen LogP contribution in [0.1, 0.15) is 12.8 Å². The fourth-order valence-corrected chi connectivity index (χ4v) is 1.41. The van der Waals surface area contributed by atoms with Gasteiger partial charge in [-0.05, 0) is 25.9 Å². The Kier molecular flexibility index (Phi) is 6.52. The molecule has 0 radical (unpaired) electrons. The van der Waals surface area contributed by atoms with Gasteiger partial charge in [0, 0.05) is 13.1 Å². The highest BCUT2D eigenvalue weighted by Gasteiger charge is 2.02. The summed E-state index contributed by atoms with van der Waals surface area (Å²) >= 11 is 0. The van der Waals surface area contributed by atoms with E-state index < -0.39 is 0 Å². The van der Waals surface area contributed by atoms with Crippen molar-refractivity contribution in [3.63, 3.8) is 0 Å². The van der Waals surface area contributed by atoms with E-state index in [9.17, 15) is 9.59 Å². The maximum atomic E-state index is 11.2. The molecule has 6 heteroatoms. The van der Waals surface area contributed by atoms with E-state index in [1.807, 2.05) is 0 Å². The van der Waals surface area contributed by atoms with E-state index in [1.165, 1.54) is 0 Å². The lowest BCUT2D eigenvalue weighted by Gasteiger charge is -2.10. The molecule has 0 atom stereocenters. The predicted molar refractivity (Wildman–Crippen MR) is 61.0 cm³/mol. The highest BCUT2D eigenvalue weighted by atomic mass is 16.2. The van der Waals surface area contributed by atoms with Crippen LogP contribution in [-0.4, -0.2) is 51.1 Å². The average molecular weight is 228 g/mol. The molecular formula is C10H20N4O2. The summed E-state index contributed by atoms with van der Waals surface area (Å²) in [5, 5.41) is 11.7. The van der Waals surface area contributed by atoms with E-state index in [1.54, 1.807) is 0 Å². The topological polar surface area (TPSA) is 82.3 Å². The van der Waals surface area contributed by atoms with Gasteiger partial charge in [-0.2, -0.15) is 0 Å². The van der Waals surface area contributed by atoms with E-state index in [0.29, 0.717) is 26.2 Å². The summed E-state index contributed by atoms with van der Waals surface area (Å²) in [4.78, 5) is 22.5. The fourth-order valence-electron chi connectivity index (χ4n) is 1.41. The third-order valence-corrected chi connectivity index (χ3v) is 2.28. The van der Waals surface area contributed by atoms with Crippen LogP contribution in [0.4, 0.5) is 0 Å². The summed E-state index contributed by atoms with van der Waals surface area (Å²) in [6.45, 7) is 3.51. The van der Waals surface area contributed by atoms with Crippen LogP contribution in [-0.2, 0) is 9.59 Å². The van der Waals surface area contributed by atoms with Gasteiger partial charge >= 0.3 is 0 Å². The highest BCUT2D eigenvalue weighted by Crippen LogP contribution is 1.78. The molecule has 0 unspecified atom stereocenters. The van der Waals surface area contributed by atoms with Gasteiger partial charge in [0.1, 0.15) is 0 Å². The van der Waals surface area contributed by atoms with Gasteiger partial charge in [0.05, 0.1) is 13.1 Å². The number of nitrogens with one attached hydrogen (secondary N) is 4. The summed E-state index contributed by atoms with van der Waals surface area (Å²) in [7, 11) is 0. The van der Waals surface area contributed by atoms with E-state index in [4.69, 9.17) is 0 Å². The molecule has 0 aromatic rings. The van der Waals surface area contributed by atoms with Crippen molar-refractivity contribution in [3.05, 3.63) is 0 Å². The number of hydrogen-bond donors (Lipinski definition) is 4. The number of hydrogen-bond acceptors (Lipinski definition) is 4. The summed E-state index contributed by atoms with van der Waals surface area (Å²) in [6.07, 6.45) is 1.66. The van der Waals surface area contributed by atoms with Gasteiger partial charge in [0.25, 0.3) is 0 Å². The third kappa shape index (κ3) is 6.36. The molecule has 0 spiro atoms. The van der Waals surface area contributed by atoms with Crippen LogP contribution in [0.15, 0.2) is 0 Å². The Morgan fingerprint density at radius 3 is 1.62 bits per heavy atom. The molecule has 0 saturated carbocycles. The van der Waals surface area contributed by atoms with Gasteiger partial charge in [0.2, 0.25) is 11.8 Å². The molecule has 1 aliphatic heterocycles. The molecule has 2 amide bonds. The van der Waals surface area contributed by atoms with Crippen molar-refractivity contribution in [2.45, 2.75) is 12.8 Å². The Morgan fingerprint density at radius 2 is 1.12 bits per heavy atom. The zero-order valence-corrected chi connectivity index (χ0v) is 9.47. The Balaban J connectivity index is 2.23. The minimum absolute atomic E-state index is 0.0105. The van der Waals surface area contributed by atoms with Gasteiger partial charge in [0.15, 0.2) is 0 Å². The second-order valence-electron chi connectivity index (χ2n) is 3.76. The minimum Gasteiger partial charge on any atom is -0.355 e. The van der Waals surface area contributed by atoms with Crippen molar-refractivity contribution in [2.24, 2.45) is 0 Å². The first-order valence-corrected chi connectivity index (χ1v) is 5.74. The van der Waals surface area contributed by atoms with Crippen molar-refractivity contribution in [3.8, 4) is 0 Å². The molecule has 1 rings (SSSR count). The quantitative estimate of drug-likeness (QED) is 0.394. The molecule has 1 aliphatic rings. The van der Waals surface area contributed by atoms with Gasteiger partial charge in [-0.15, -0.1) is 0 Å². The fraction of sp³-hybridized carbons (Fsp3) is 0.800. The molecule has 1 saturated heterocycles. The normalized spacial score (nSPS) is 21.8. The lowest BCUT2D eigenvalue weighted by Crippen LogP contribution is -2.39. The molecule has 0 aromatic carbocycles. The number of carbonyl (C=O) groups excluding carboxylic acids is 2. The van der Waals surface area contributed by atoms with Gasteiger partial charge in [-0.1, -0.05) is 0 Å². The number of carbonyl (C=O) groups is 2. The van der Waals surface area contributed by atoms with E-state index in [0.717, 1.165) is 25.9 Å². The van der Waals surface area contributed by atoms with Crippen molar-refractivity contribution in [1.29, 1.82) is 0 Å².